The number of hydrogen-bond donors (Lipinski definition) is 1. The first-order chi connectivity index (χ1) is 9.65. The van der Waals surface area contributed by atoms with Gasteiger partial charge >= 0.3 is 0 Å². The van der Waals surface area contributed by atoms with E-state index in [-0.39, 0.29) is 0 Å². The van der Waals surface area contributed by atoms with Crippen LogP contribution in [0, 0.1) is 0 Å². The Morgan fingerprint density at radius 2 is 2.10 bits per heavy atom. The van der Waals surface area contributed by atoms with Gasteiger partial charge in [-0.3, -0.25) is 9.20 Å². The lowest BCUT2D eigenvalue weighted by Crippen LogP contribution is -2.05. The molecule has 1 amide bonds. The Hall–Kier alpha value is -2.11. The molecule has 0 bridgehead atoms. The van der Waals surface area contributed by atoms with Crippen LogP contribution in [0.3, 0.4) is 0 Å². The number of benzene rings is 1. The third-order valence-electron chi connectivity index (χ3n) is 2.82. The monoisotopic (exact) mass is 303 g/mol. The minimum Gasteiger partial charge on any atom is -0.366 e. The van der Waals surface area contributed by atoms with Crippen molar-refractivity contribution in [1.29, 1.82) is 0 Å². The second-order valence-corrected chi connectivity index (χ2v) is 5.45. The van der Waals surface area contributed by atoms with Gasteiger partial charge in [-0.1, -0.05) is 23.7 Å². The molecule has 2 aromatic heterocycles. The van der Waals surface area contributed by atoms with E-state index in [0.29, 0.717) is 5.02 Å². The van der Waals surface area contributed by atoms with Gasteiger partial charge in [-0.25, -0.2) is 4.98 Å². The summed E-state index contributed by atoms with van der Waals surface area (Å²) in [6.45, 7) is 0. The van der Waals surface area contributed by atoms with Gasteiger partial charge < -0.3 is 5.73 Å². The molecule has 0 fully saturated rings. The van der Waals surface area contributed by atoms with Crippen LogP contribution in [0.2, 0.25) is 5.02 Å². The first-order valence-electron chi connectivity index (χ1n) is 5.84. The van der Waals surface area contributed by atoms with E-state index in [0.717, 1.165) is 21.9 Å². The molecule has 0 saturated carbocycles. The fraction of sp³-hybridized carbons (Fsp3) is 0. The summed E-state index contributed by atoms with van der Waals surface area (Å²) in [6.07, 6.45) is 4.92. The molecule has 1 aromatic carbocycles. The summed E-state index contributed by atoms with van der Waals surface area (Å²) in [6, 6.07) is 7.42. The molecule has 100 valence electrons. The van der Waals surface area contributed by atoms with Crippen molar-refractivity contribution in [3.05, 3.63) is 52.6 Å². The van der Waals surface area contributed by atoms with Crippen LogP contribution in [0.4, 0.5) is 0 Å². The van der Waals surface area contributed by atoms with Gasteiger partial charge in [0, 0.05) is 28.2 Å². The lowest BCUT2D eigenvalue weighted by molar-refractivity contribution is -0.113. The molecule has 6 heteroatoms. The number of hydrogen-bond acceptors (Lipinski definition) is 3. The number of thiazole rings is 1. The molecule has 0 aliphatic rings. The van der Waals surface area contributed by atoms with Crippen molar-refractivity contribution in [1.82, 2.24) is 9.38 Å². The molecule has 0 radical (unpaired) electrons. The van der Waals surface area contributed by atoms with Crippen LogP contribution in [0.15, 0.2) is 41.9 Å². The van der Waals surface area contributed by atoms with Crippen molar-refractivity contribution in [3.63, 3.8) is 0 Å². The number of carbonyl (C=O) groups is 1. The SMILES string of the molecule is NC(=O)/C=C\c1c(-c2ccc(Cl)cc2)nc2sccn12. The minimum atomic E-state index is -0.489. The fourth-order valence-electron chi connectivity index (χ4n) is 1.94. The van der Waals surface area contributed by atoms with Crippen LogP contribution >= 0.6 is 22.9 Å². The summed E-state index contributed by atoms with van der Waals surface area (Å²) < 4.78 is 1.92. The standard InChI is InChI=1S/C14H10ClN3OS/c15-10-3-1-9(2-4-10)13-11(5-6-12(16)19)18-7-8-20-14(18)17-13/h1-8H,(H2,16,19)/b6-5-. The summed E-state index contributed by atoms with van der Waals surface area (Å²) in [5.41, 5.74) is 7.72. The van der Waals surface area contributed by atoms with E-state index in [4.69, 9.17) is 17.3 Å². The molecular weight excluding hydrogens is 294 g/mol. The summed E-state index contributed by atoms with van der Waals surface area (Å²) in [5.74, 6) is -0.489. The van der Waals surface area contributed by atoms with E-state index in [1.54, 1.807) is 6.08 Å². The molecule has 20 heavy (non-hydrogen) atoms. The van der Waals surface area contributed by atoms with E-state index >= 15 is 0 Å². The van der Waals surface area contributed by atoms with Gasteiger partial charge in [-0.05, 0) is 18.2 Å². The zero-order valence-corrected chi connectivity index (χ0v) is 11.9. The van der Waals surface area contributed by atoms with Gasteiger partial charge in [-0.15, -0.1) is 11.3 Å². The van der Waals surface area contributed by atoms with Crippen LogP contribution in [0.1, 0.15) is 5.69 Å². The van der Waals surface area contributed by atoms with E-state index < -0.39 is 5.91 Å². The number of halogens is 1. The van der Waals surface area contributed by atoms with Gasteiger partial charge in [0.05, 0.1) is 11.4 Å². The van der Waals surface area contributed by atoms with Gasteiger partial charge in [0.2, 0.25) is 5.91 Å². The molecule has 2 heterocycles. The largest absolute Gasteiger partial charge is 0.366 e. The number of primary amides is 1. The molecule has 4 nitrogen and oxygen atoms in total. The van der Waals surface area contributed by atoms with Crippen LogP contribution in [-0.2, 0) is 4.79 Å². The van der Waals surface area contributed by atoms with Gasteiger partial charge in [0.1, 0.15) is 0 Å². The van der Waals surface area contributed by atoms with Crippen molar-refractivity contribution in [2.75, 3.05) is 0 Å². The maximum atomic E-state index is 11.0. The second kappa shape index (κ2) is 5.11. The minimum absolute atomic E-state index is 0.489. The molecule has 0 atom stereocenters. The predicted molar refractivity (Wildman–Crippen MR) is 81.7 cm³/mol. The summed E-state index contributed by atoms with van der Waals surface area (Å²) >= 11 is 7.43. The molecule has 0 saturated heterocycles. The van der Waals surface area contributed by atoms with E-state index in [2.05, 4.69) is 4.98 Å². The molecule has 0 aliphatic heterocycles. The van der Waals surface area contributed by atoms with Gasteiger partial charge in [0.25, 0.3) is 0 Å². The number of amides is 1. The number of aromatic nitrogens is 2. The topological polar surface area (TPSA) is 60.4 Å². The zero-order chi connectivity index (χ0) is 14.1. The number of carbonyl (C=O) groups excluding carboxylic acids is 1. The Kier molecular flexibility index (Phi) is 3.30. The quantitative estimate of drug-likeness (QED) is 0.755. The second-order valence-electron chi connectivity index (χ2n) is 4.14. The van der Waals surface area contributed by atoms with Crippen molar-refractivity contribution < 1.29 is 4.79 Å². The zero-order valence-electron chi connectivity index (χ0n) is 10.3. The van der Waals surface area contributed by atoms with Crippen molar-refractivity contribution in [2.24, 2.45) is 5.73 Å². The number of nitrogens with two attached hydrogens (primary N) is 1. The average Bonchev–Trinajstić information content (AvgIpc) is 2.98. The maximum absolute atomic E-state index is 11.0. The molecule has 0 unspecified atom stereocenters. The third kappa shape index (κ3) is 2.33. The van der Waals surface area contributed by atoms with Crippen LogP contribution < -0.4 is 5.73 Å². The molecular formula is C14H10ClN3OS. The van der Waals surface area contributed by atoms with E-state index in [9.17, 15) is 4.79 Å². The van der Waals surface area contributed by atoms with Gasteiger partial charge in [-0.2, -0.15) is 0 Å². The van der Waals surface area contributed by atoms with Crippen LogP contribution in [0.5, 0.6) is 0 Å². The highest BCUT2D eigenvalue weighted by Gasteiger charge is 2.12. The summed E-state index contributed by atoms with van der Waals surface area (Å²) in [4.78, 5) is 16.4. The van der Waals surface area contributed by atoms with Crippen molar-refractivity contribution >= 4 is 39.9 Å². The number of imidazole rings is 1. The first kappa shape index (κ1) is 12.9. The highest BCUT2D eigenvalue weighted by Crippen LogP contribution is 2.28. The molecule has 3 rings (SSSR count). The Labute approximate surface area is 124 Å². The lowest BCUT2D eigenvalue weighted by Gasteiger charge is -2.00. The predicted octanol–water partition coefficient (Wildman–Crippen LogP) is 3.21. The highest BCUT2D eigenvalue weighted by atomic mass is 35.5. The van der Waals surface area contributed by atoms with Crippen molar-refractivity contribution in [2.45, 2.75) is 0 Å². The van der Waals surface area contributed by atoms with Crippen LogP contribution in [0.25, 0.3) is 22.3 Å². The summed E-state index contributed by atoms with van der Waals surface area (Å²) in [7, 11) is 0. The normalized spacial score (nSPS) is 11.4. The Morgan fingerprint density at radius 1 is 1.35 bits per heavy atom. The number of fused-ring (bicyclic) bond motifs is 1. The van der Waals surface area contributed by atoms with Crippen LogP contribution in [-0.4, -0.2) is 15.3 Å². The van der Waals surface area contributed by atoms with Crippen molar-refractivity contribution in [3.8, 4) is 11.3 Å². The molecule has 3 aromatic rings. The number of rotatable bonds is 3. The smallest absolute Gasteiger partial charge is 0.241 e. The Balaban J connectivity index is 2.18. The van der Waals surface area contributed by atoms with E-state index in [1.807, 2.05) is 40.2 Å². The fourth-order valence-corrected chi connectivity index (χ4v) is 2.79. The highest BCUT2D eigenvalue weighted by molar-refractivity contribution is 7.15. The lowest BCUT2D eigenvalue weighted by atomic mass is 10.1. The average molecular weight is 304 g/mol. The Bertz CT molecular complexity index is 802. The molecule has 0 aliphatic carbocycles. The summed E-state index contributed by atoms with van der Waals surface area (Å²) in [5, 5.41) is 2.61. The third-order valence-corrected chi connectivity index (χ3v) is 3.83. The Morgan fingerprint density at radius 3 is 2.80 bits per heavy atom. The first-order valence-corrected chi connectivity index (χ1v) is 7.10. The molecule has 2 N–H and O–H groups in total. The van der Waals surface area contributed by atoms with Gasteiger partial charge in [0.15, 0.2) is 4.96 Å². The van der Waals surface area contributed by atoms with E-state index in [1.165, 1.54) is 17.4 Å². The maximum Gasteiger partial charge on any atom is 0.241 e. The molecule has 0 spiro atoms. The number of nitrogens with zero attached hydrogens (tertiary/aromatic N) is 2.